The van der Waals surface area contributed by atoms with Crippen LogP contribution >= 0.6 is 11.3 Å². The molecular formula is C20H28N4O2S. The first-order chi connectivity index (χ1) is 12.8. The van der Waals surface area contributed by atoms with Crippen molar-refractivity contribution in [2.75, 3.05) is 0 Å². The lowest BCUT2D eigenvalue weighted by Gasteiger charge is -2.33. The maximum absolute atomic E-state index is 13.0. The van der Waals surface area contributed by atoms with Crippen molar-refractivity contribution in [2.24, 2.45) is 11.3 Å². The molecule has 7 heteroatoms. The van der Waals surface area contributed by atoms with E-state index in [1.807, 2.05) is 0 Å². The quantitative estimate of drug-likeness (QED) is 0.877. The van der Waals surface area contributed by atoms with Crippen LogP contribution in [0.3, 0.4) is 0 Å². The van der Waals surface area contributed by atoms with Crippen LogP contribution in [0.25, 0.3) is 10.2 Å². The van der Waals surface area contributed by atoms with E-state index in [0.717, 1.165) is 50.5 Å². The fraction of sp³-hybridized carbons (Fsp3) is 0.700. The first-order valence-electron chi connectivity index (χ1n) is 10.0. The number of amides is 1. The summed E-state index contributed by atoms with van der Waals surface area (Å²) in [5, 5.41) is 12.0. The molecule has 0 aliphatic heterocycles. The molecular weight excluding hydrogens is 360 g/mol. The highest BCUT2D eigenvalue weighted by atomic mass is 32.1. The second-order valence-corrected chi connectivity index (χ2v) is 10.2. The summed E-state index contributed by atoms with van der Waals surface area (Å²) in [6.07, 6.45) is 7.37. The molecule has 0 unspecified atom stereocenters. The van der Waals surface area contributed by atoms with Gasteiger partial charge in [0.15, 0.2) is 4.83 Å². The number of hydrogen-bond donors (Lipinski definition) is 1. The van der Waals surface area contributed by atoms with Crippen molar-refractivity contribution < 1.29 is 4.79 Å². The molecule has 0 bridgehead atoms. The first-order valence-corrected chi connectivity index (χ1v) is 10.8. The van der Waals surface area contributed by atoms with E-state index < -0.39 is 0 Å². The number of fused-ring (bicyclic) bond motifs is 3. The fourth-order valence-corrected chi connectivity index (χ4v) is 5.68. The molecule has 1 fully saturated rings. The van der Waals surface area contributed by atoms with Crippen molar-refractivity contribution >= 4 is 27.5 Å². The summed E-state index contributed by atoms with van der Waals surface area (Å²) in [5.74, 6) is 0.472. The number of carbonyl (C=O) groups excluding carboxylic acids is 1. The van der Waals surface area contributed by atoms with Crippen LogP contribution in [0.4, 0.5) is 0 Å². The van der Waals surface area contributed by atoms with Gasteiger partial charge in [0, 0.05) is 10.9 Å². The molecule has 2 aromatic heterocycles. The van der Waals surface area contributed by atoms with Crippen LogP contribution in [0.1, 0.15) is 63.3 Å². The summed E-state index contributed by atoms with van der Waals surface area (Å²) in [4.78, 5) is 27.3. The number of hydrogen-bond acceptors (Lipinski definition) is 5. The minimum Gasteiger partial charge on any atom is -0.352 e. The average molecular weight is 389 g/mol. The van der Waals surface area contributed by atoms with Crippen LogP contribution in [0.15, 0.2) is 4.79 Å². The van der Waals surface area contributed by atoms with Crippen molar-refractivity contribution in [1.29, 1.82) is 0 Å². The Balaban J connectivity index is 1.59. The number of rotatable bonds is 3. The topological polar surface area (TPSA) is 76.9 Å². The van der Waals surface area contributed by atoms with Crippen LogP contribution in [0.5, 0.6) is 0 Å². The zero-order valence-corrected chi connectivity index (χ0v) is 17.2. The molecule has 2 aliphatic rings. The minimum absolute atomic E-state index is 0.0481. The summed E-state index contributed by atoms with van der Waals surface area (Å²) in [6.45, 7) is 6.80. The highest BCUT2D eigenvalue weighted by Gasteiger charge is 2.32. The lowest BCUT2D eigenvalue weighted by molar-refractivity contribution is -0.122. The number of nitrogens with zero attached hydrogens (tertiary/aromatic N) is 3. The Morgan fingerprint density at radius 1 is 1.26 bits per heavy atom. The molecule has 1 atom stereocenters. The Hall–Kier alpha value is -1.76. The minimum atomic E-state index is -0.173. The molecule has 1 amide bonds. The van der Waals surface area contributed by atoms with E-state index in [1.54, 1.807) is 11.3 Å². The lowest BCUT2D eigenvalue weighted by atomic mass is 9.72. The van der Waals surface area contributed by atoms with E-state index in [-0.39, 0.29) is 29.5 Å². The van der Waals surface area contributed by atoms with Crippen molar-refractivity contribution in [3.8, 4) is 0 Å². The van der Waals surface area contributed by atoms with Gasteiger partial charge in [-0.2, -0.15) is 0 Å². The van der Waals surface area contributed by atoms with Gasteiger partial charge in [-0.15, -0.1) is 16.4 Å². The predicted molar refractivity (Wildman–Crippen MR) is 107 cm³/mol. The van der Waals surface area contributed by atoms with Crippen LogP contribution in [0.2, 0.25) is 0 Å². The molecule has 0 spiro atoms. The van der Waals surface area contributed by atoms with Gasteiger partial charge >= 0.3 is 0 Å². The second-order valence-electron chi connectivity index (χ2n) is 9.09. The van der Waals surface area contributed by atoms with Crippen LogP contribution < -0.4 is 10.9 Å². The van der Waals surface area contributed by atoms with Gasteiger partial charge in [-0.25, -0.2) is 4.68 Å². The van der Waals surface area contributed by atoms with E-state index >= 15 is 0 Å². The maximum Gasteiger partial charge on any atom is 0.279 e. The molecule has 4 rings (SSSR count). The number of aryl methyl sites for hydroxylation is 1. The third kappa shape index (κ3) is 3.66. The van der Waals surface area contributed by atoms with E-state index in [2.05, 4.69) is 36.4 Å². The number of aromatic nitrogens is 3. The normalized spacial score (nSPS) is 20.8. The molecule has 0 radical (unpaired) electrons. The molecule has 27 heavy (non-hydrogen) atoms. The summed E-state index contributed by atoms with van der Waals surface area (Å²) in [5.41, 5.74) is 1.23. The molecule has 2 heterocycles. The maximum atomic E-state index is 13.0. The molecule has 1 saturated carbocycles. The third-order valence-corrected chi connectivity index (χ3v) is 7.32. The Morgan fingerprint density at radius 2 is 2.00 bits per heavy atom. The molecule has 2 aliphatic carbocycles. The fourth-order valence-electron chi connectivity index (χ4n) is 4.45. The van der Waals surface area contributed by atoms with Gasteiger partial charge in [0.2, 0.25) is 5.91 Å². The average Bonchev–Trinajstić information content (AvgIpc) is 3.23. The van der Waals surface area contributed by atoms with Crippen molar-refractivity contribution in [3.63, 3.8) is 0 Å². The van der Waals surface area contributed by atoms with Crippen molar-refractivity contribution in [1.82, 2.24) is 20.3 Å². The van der Waals surface area contributed by atoms with E-state index in [0.29, 0.717) is 16.1 Å². The molecule has 6 nitrogen and oxygen atoms in total. The predicted octanol–water partition coefficient (Wildman–Crippen LogP) is 3.06. The molecule has 0 saturated heterocycles. The summed E-state index contributed by atoms with van der Waals surface area (Å²) in [7, 11) is 0. The second kappa shape index (κ2) is 7.00. The van der Waals surface area contributed by atoms with Gasteiger partial charge < -0.3 is 5.32 Å². The number of nitrogens with one attached hydrogen (secondary N) is 1. The Labute approximate surface area is 163 Å². The van der Waals surface area contributed by atoms with Crippen molar-refractivity contribution in [3.05, 3.63) is 20.8 Å². The van der Waals surface area contributed by atoms with Crippen LogP contribution in [-0.2, 0) is 24.2 Å². The summed E-state index contributed by atoms with van der Waals surface area (Å²) in [6, 6.07) is 0.244. The van der Waals surface area contributed by atoms with Crippen molar-refractivity contribution in [2.45, 2.75) is 78.3 Å². The van der Waals surface area contributed by atoms with Crippen LogP contribution in [0, 0.1) is 11.3 Å². The van der Waals surface area contributed by atoms with Gasteiger partial charge in [0.25, 0.3) is 5.56 Å². The monoisotopic (exact) mass is 388 g/mol. The van der Waals surface area contributed by atoms with Crippen LogP contribution in [-0.4, -0.2) is 26.9 Å². The highest BCUT2D eigenvalue weighted by molar-refractivity contribution is 7.18. The summed E-state index contributed by atoms with van der Waals surface area (Å²) >= 11 is 1.60. The number of thiophene rings is 1. The Kier molecular flexibility index (Phi) is 4.82. The van der Waals surface area contributed by atoms with Gasteiger partial charge in [0.05, 0.1) is 5.39 Å². The van der Waals surface area contributed by atoms with Gasteiger partial charge in [-0.3, -0.25) is 9.59 Å². The van der Waals surface area contributed by atoms with Gasteiger partial charge in [-0.1, -0.05) is 38.8 Å². The Bertz CT molecular complexity index is 918. The zero-order chi connectivity index (χ0) is 19.2. The SMILES string of the molecule is CC(C)(C)[C@H]1CCc2c(sc3nnn(CC(=O)NC4CCCC4)c(=O)c23)C1. The largest absolute Gasteiger partial charge is 0.352 e. The third-order valence-electron chi connectivity index (χ3n) is 6.18. The number of carbonyl (C=O) groups is 1. The van der Waals surface area contributed by atoms with E-state index in [4.69, 9.17) is 0 Å². The van der Waals surface area contributed by atoms with Gasteiger partial charge in [0.1, 0.15) is 6.54 Å². The summed E-state index contributed by atoms with van der Waals surface area (Å²) < 4.78 is 1.23. The highest BCUT2D eigenvalue weighted by Crippen LogP contribution is 2.41. The molecule has 146 valence electrons. The molecule has 0 aromatic carbocycles. The van der Waals surface area contributed by atoms with E-state index in [1.165, 1.54) is 9.56 Å². The standard InChI is InChI=1S/C20H28N4O2S/c1-20(2,3)12-8-9-14-15(10-12)27-18-17(14)19(26)24(23-22-18)11-16(25)21-13-6-4-5-7-13/h12-13H,4-11H2,1-3H3,(H,21,25)/t12-/m0/s1. The molecule has 2 aromatic rings. The first kappa shape index (κ1) is 18.6. The molecule has 1 N–H and O–H groups in total. The van der Waals surface area contributed by atoms with E-state index in [9.17, 15) is 9.59 Å². The lowest BCUT2D eigenvalue weighted by Crippen LogP contribution is -2.38. The smallest absolute Gasteiger partial charge is 0.279 e. The zero-order valence-electron chi connectivity index (χ0n) is 16.4. The van der Waals surface area contributed by atoms with Gasteiger partial charge in [-0.05, 0) is 49.0 Å². The Morgan fingerprint density at radius 3 is 2.70 bits per heavy atom.